The lowest BCUT2D eigenvalue weighted by Gasteiger charge is -2.32. The number of methoxy groups -OCH3 is 2. The minimum absolute atomic E-state index is 0.0572. The molecule has 2 amide bonds. The first-order valence-electron chi connectivity index (χ1n) is 12.7. The molecule has 0 aliphatic heterocycles. The number of hydrogen-bond donors (Lipinski definition) is 1. The fraction of sp³-hybridized carbons (Fsp3) is 0.333. The summed E-state index contributed by atoms with van der Waals surface area (Å²) < 4.78 is 16.5. The number of carbonyl (C=O) groups excluding carboxylic acids is 2. The molecule has 2 atom stereocenters. The number of benzene rings is 3. The number of rotatable bonds is 13. The first-order valence-corrected chi connectivity index (χ1v) is 13.4. The number of nitrogens with one attached hydrogen (secondary N) is 1. The first kappa shape index (κ1) is 30.1. The lowest BCUT2D eigenvalue weighted by atomic mass is 10.0. The number of carbonyl (C=O) groups is 2. The summed E-state index contributed by atoms with van der Waals surface area (Å²) in [5.41, 5.74) is 1.65. The molecule has 0 saturated carbocycles. The summed E-state index contributed by atoms with van der Waals surface area (Å²) in [5.74, 6) is 0.837. The van der Waals surface area contributed by atoms with E-state index in [0.29, 0.717) is 33.7 Å². The molecular formula is C30H34Cl2N2O5. The van der Waals surface area contributed by atoms with Crippen molar-refractivity contribution in [3.8, 4) is 17.2 Å². The van der Waals surface area contributed by atoms with Crippen LogP contribution in [0.4, 0.5) is 0 Å². The van der Waals surface area contributed by atoms with Crippen molar-refractivity contribution in [2.45, 2.75) is 45.3 Å². The molecule has 9 heteroatoms. The summed E-state index contributed by atoms with van der Waals surface area (Å²) in [6.07, 6.45) is 1.08. The van der Waals surface area contributed by atoms with Crippen molar-refractivity contribution in [3.63, 3.8) is 0 Å². The second kappa shape index (κ2) is 14.7. The van der Waals surface area contributed by atoms with E-state index in [9.17, 15) is 9.59 Å². The molecule has 3 aromatic carbocycles. The van der Waals surface area contributed by atoms with Crippen LogP contribution in [0.15, 0.2) is 66.7 Å². The van der Waals surface area contributed by atoms with Gasteiger partial charge in [-0.25, -0.2) is 0 Å². The summed E-state index contributed by atoms with van der Waals surface area (Å²) in [6, 6.07) is 18.9. The fourth-order valence-electron chi connectivity index (χ4n) is 3.92. The Morgan fingerprint density at radius 2 is 1.51 bits per heavy atom. The van der Waals surface area contributed by atoms with E-state index in [0.717, 1.165) is 17.5 Å². The van der Waals surface area contributed by atoms with Crippen molar-refractivity contribution in [1.82, 2.24) is 10.2 Å². The van der Waals surface area contributed by atoms with Crippen LogP contribution in [0.25, 0.3) is 0 Å². The normalized spacial score (nSPS) is 12.3. The molecule has 0 fully saturated rings. The zero-order valence-electron chi connectivity index (χ0n) is 22.6. The van der Waals surface area contributed by atoms with Gasteiger partial charge in [-0.05, 0) is 36.6 Å². The SMILES string of the molecule is CC[C@@H](C)NC(=O)[C@@H](Cc1ccccc1)N(Cc1ccc(Cl)c(Cl)c1)C(=O)COc1cc(OC)cc(OC)c1. The van der Waals surface area contributed by atoms with Crippen LogP contribution in [0.1, 0.15) is 31.4 Å². The Bertz CT molecular complexity index is 1230. The number of nitrogens with zero attached hydrogens (tertiary/aromatic N) is 1. The molecule has 0 aliphatic carbocycles. The molecule has 0 saturated heterocycles. The molecule has 39 heavy (non-hydrogen) atoms. The van der Waals surface area contributed by atoms with Gasteiger partial charge in [0, 0.05) is 37.2 Å². The predicted molar refractivity (Wildman–Crippen MR) is 154 cm³/mol. The summed E-state index contributed by atoms with van der Waals surface area (Å²) in [7, 11) is 3.07. The molecule has 0 radical (unpaired) electrons. The van der Waals surface area contributed by atoms with E-state index in [1.54, 1.807) is 36.4 Å². The lowest BCUT2D eigenvalue weighted by Crippen LogP contribution is -2.53. The van der Waals surface area contributed by atoms with Crippen LogP contribution in [0, 0.1) is 0 Å². The average molecular weight is 574 g/mol. The van der Waals surface area contributed by atoms with Crippen LogP contribution >= 0.6 is 23.2 Å². The minimum atomic E-state index is -0.799. The van der Waals surface area contributed by atoms with Crippen molar-refractivity contribution in [2.75, 3.05) is 20.8 Å². The van der Waals surface area contributed by atoms with Gasteiger partial charge in [0.05, 0.1) is 24.3 Å². The zero-order chi connectivity index (χ0) is 28.4. The Morgan fingerprint density at radius 1 is 0.872 bits per heavy atom. The van der Waals surface area contributed by atoms with E-state index in [1.165, 1.54) is 19.1 Å². The van der Waals surface area contributed by atoms with Gasteiger partial charge in [0.15, 0.2) is 6.61 Å². The van der Waals surface area contributed by atoms with E-state index in [2.05, 4.69) is 5.32 Å². The van der Waals surface area contributed by atoms with Gasteiger partial charge >= 0.3 is 0 Å². The van der Waals surface area contributed by atoms with Crippen LogP contribution in [0.2, 0.25) is 10.0 Å². The molecular weight excluding hydrogens is 539 g/mol. The van der Waals surface area contributed by atoms with Crippen LogP contribution < -0.4 is 19.5 Å². The highest BCUT2D eigenvalue weighted by Crippen LogP contribution is 2.28. The van der Waals surface area contributed by atoms with Gasteiger partial charge in [-0.1, -0.05) is 66.5 Å². The maximum Gasteiger partial charge on any atom is 0.261 e. The molecule has 3 rings (SSSR count). The van der Waals surface area contributed by atoms with E-state index < -0.39 is 6.04 Å². The van der Waals surface area contributed by atoms with Gasteiger partial charge < -0.3 is 24.4 Å². The third-order valence-corrected chi connectivity index (χ3v) is 7.04. The van der Waals surface area contributed by atoms with E-state index in [4.69, 9.17) is 37.4 Å². The Balaban J connectivity index is 1.95. The van der Waals surface area contributed by atoms with Gasteiger partial charge in [0.1, 0.15) is 23.3 Å². The standard InChI is InChI=1S/C30H34Cl2N2O5/c1-5-20(2)33-30(36)28(14-21-9-7-6-8-10-21)34(18-22-11-12-26(31)27(32)13-22)29(35)19-39-25-16-23(37-3)15-24(17-25)38-4/h6-13,15-17,20,28H,5,14,18-19H2,1-4H3,(H,33,36)/t20-,28-/m1/s1. The summed E-state index contributed by atoms with van der Waals surface area (Å²) in [6.45, 7) is 3.75. The molecule has 7 nitrogen and oxygen atoms in total. The molecule has 0 heterocycles. The highest BCUT2D eigenvalue weighted by atomic mass is 35.5. The Hall–Kier alpha value is -3.42. The summed E-state index contributed by atoms with van der Waals surface area (Å²) in [4.78, 5) is 28.9. The van der Waals surface area contributed by atoms with Gasteiger partial charge in [0.2, 0.25) is 5.91 Å². The average Bonchev–Trinajstić information content (AvgIpc) is 2.95. The number of amides is 2. The Labute approximate surface area is 240 Å². The quantitative estimate of drug-likeness (QED) is 0.274. The first-order chi connectivity index (χ1) is 18.7. The van der Waals surface area contributed by atoms with E-state index in [-0.39, 0.29) is 31.0 Å². The highest BCUT2D eigenvalue weighted by molar-refractivity contribution is 6.42. The summed E-state index contributed by atoms with van der Waals surface area (Å²) >= 11 is 12.4. The fourth-order valence-corrected chi connectivity index (χ4v) is 4.24. The zero-order valence-corrected chi connectivity index (χ0v) is 24.1. The second-order valence-electron chi connectivity index (χ2n) is 9.13. The van der Waals surface area contributed by atoms with E-state index in [1.807, 2.05) is 44.2 Å². The molecule has 208 valence electrons. The molecule has 3 aromatic rings. The topological polar surface area (TPSA) is 77.1 Å². The van der Waals surface area contributed by atoms with Crippen LogP contribution in [0.5, 0.6) is 17.2 Å². The Morgan fingerprint density at radius 3 is 2.10 bits per heavy atom. The van der Waals surface area contributed by atoms with Gasteiger partial charge in [-0.2, -0.15) is 0 Å². The number of ether oxygens (including phenoxy) is 3. The van der Waals surface area contributed by atoms with Gasteiger partial charge in [-0.3, -0.25) is 9.59 Å². The third-order valence-electron chi connectivity index (χ3n) is 6.30. The lowest BCUT2D eigenvalue weighted by molar-refractivity contribution is -0.143. The maximum atomic E-state index is 13.8. The summed E-state index contributed by atoms with van der Waals surface area (Å²) in [5, 5.41) is 3.81. The van der Waals surface area contributed by atoms with E-state index >= 15 is 0 Å². The molecule has 0 bridgehead atoms. The highest BCUT2D eigenvalue weighted by Gasteiger charge is 2.31. The number of halogens is 2. The van der Waals surface area contributed by atoms with Gasteiger partial charge in [0.25, 0.3) is 5.91 Å². The van der Waals surface area contributed by atoms with Crippen molar-refractivity contribution in [2.24, 2.45) is 0 Å². The second-order valence-corrected chi connectivity index (χ2v) is 9.94. The smallest absolute Gasteiger partial charge is 0.261 e. The van der Waals surface area contributed by atoms with Gasteiger partial charge in [-0.15, -0.1) is 0 Å². The third kappa shape index (κ3) is 8.80. The maximum absolute atomic E-state index is 13.8. The van der Waals surface area contributed by atoms with Crippen LogP contribution in [-0.2, 0) is 22.6 Å². The van der Waals surface area contributed by atoms with Crippen molar-refractivity contribution in [3.05, 3.63) is 87.9 Å². The number of hydrogen-bond acceptors (Lipinski definition) is 5. The molecule has 0 spiro atoms. The molecule has 0 aromatic heterocycles. The van der Waals surface area contributed by atoms with Crippen molar-refractivity contribution in [1.29, 1.82) is 0 Å². The molecule has 0 unspecified atom stereocenters. The van der Waals surface area contributed by atoms with Crippen LogP contribution in [0.3, 0.4) is 0 Å². The van der Waals surface area contributed by atoms with Crippen molar-refractivity contribution < 1.29 is 23.8 Å². The van der Waals surface area contributed by atoms with Crippen molar-refractivity contribution >= 4 is 35.0 Å². The monoisotopic (exact) mass is 572 g/mol. The molecule has 1 N–H and O–H groups in total. The van der Waals surface area contributed by atoms with Crippen LogP contribution in [-0.4, -0.2) is 49.6 Å². The molecule has 0 aliphatic rings. The predicted octanol–water partition coefficient (Wildman–Crippen LogP) is 5.94. The minimum Gasteiger partial charge on any atom is -0.496 e. The largest absolute Gasteiger partial charge is 0.496 e. The Kier molecular flexibility index (Phi) is 11.3.